The number of hydrogen-bond acceptors (Lipinski definition) is 5. The summed E-state index contributed by atoms with van der Waals surface area (Å²) in [6.07, 6.45) is 1.61. The molecule has 30 heavy (non-hydrogen) atoms. The topological polar surface area (TPSA) is 73.0 Å². The predicted molar refractivity (Wildman–Crippen MR) is 118 cm³/mol. The molecule has 1 atom stereocenters. The smallest absolute Gasteiger partial charge is 0.237 e. The predicted octanol–water partition coefficient (Wildman–Crippen LogP) is 5.01. The third-order valence-corrected chi connectivity index (χ3v) is 5.69. The SMILES string of the molecule is Cc1ccc(NC(=O)[C@@H](C)Sc2nnc(-c3ccco3)n2Cc2ccccc2)cc1. The maximum absolute atomic E-state index is 12.7. The van der Waals surface area contributed by atoms with Gasteiger partial charge in [-0.2, -0.15) is 0 Å². The third-order valence-electron chi connectivity index (χ3n) is 4.61. The highest BCUT2D eigenvalue weighted by molar-refractivity contribution is 8.00. The van der Waals surface area contributed by atoms with E-state index in [1.54, 1.807) is 6.26 Å². The van der Waals surface area contributed by atoms with Gasteiger partial charge < -0.3 is 9.73 Å². The Bertz CT molecular complexity index is 1110. The van der Waals surface area contributed by atoms with Crippen LogP contribution in [-0.2, 0) is 11.3 Å². The Balaban J connectivity index is 1.55. The standard InChI is InChI=1S/C23H22N4O2S/c1-16-10-12-19(13-11-16)24-22(28)17(2)30-23-26-25-21(20-9-6-14-29-20)27(23)15-18-7-4-3-5-8-18/h3-14,17H,15H2,1-2H3,(H,24,28)/t17-/m1/s1. The summed E-state index contributed by atoms with van der Waals surface area (Å²) in [7, 11) is 0. The van der Waals surface area contributed by atoms with E-state index in [-0.39, 0.29) is 11.2 Å². The van der Waals surface area contributed by atoms with Gasteiger partial charge in [-0.3, -0.25) is 9.36 Å². The van der Waals surface area contributed by atoms with Gasteiger partial charge in [0, 0.05) is 5.69 Å². The van der Waals surface area contributed by atoms with E-state index in [9.17, 15) is 4.79 Å². The van der Waals surface area contributed by atoms with Crippen molar-refractivity contribution >= 4 is 23.4 Å². The molecular formula is C23H22N4O2S. The number of aryl methyl sites for hydroxylation is 1. The van der Waals surface area contributed by atoms with Gasteiger partial charge >= 0.3 is 0 Å². The molecule has 6 nitrogen and oxygen atoms in total. The Kier molecular flexibility index (Phi) is 5.99. The highest BCUT2D eigenvalue weighted by Gasteiger charge is 2.22. The van der Waals surface area contributed by atoms with Crippen molar-refractivity contribution in [2.45, 2.75) is 30.8 Å². The quantitative estimate of drug-likeness (QED) is 0.427. The van der Waals surface area contributed by atoms with Gasteiger partial charge in [0.05, 0.1) is 18.1 Å². The Morgan fingerprint density at radius 1 is 1.07 bits per heavy atom. The van der Waals surface area contributed by atoms with Crippen molar-refractivity contribution in [1.82, 2.24) is 14.8 Å². The van der Waals surface area contributed by atoms with E-state index >= 15 is 0 Å². The van der Waals surface area contributed by atoms with Gasteiger partial charge in [-0.1, -0.05) is 59.8 Å². The molecule has 0 radical (unpaired) electrons. The first-order valence-electron chi connectivity index (χ1n) is 9.65. The third kappa shape index (κ3) is 4.63. The van der Waals surface area contributed by atoms with Crippen LogP contribution in [0.25, 0.3) is 11.6 Å². The number of rotatable bonds is 7. The number of thioether (sulfide) groups is 1. The van der Waals surface area contributed by atoms with Crippen molar-refractivity contribution in [3.63, 3.8) is 0 Å². The van der Waals surface area contributed by atoms with Gasteiger partial charge in [-0.15, -0.1) is 10.2 Å². The fourth-order valence-corrected chi connectivity index (χ4v) is 3.81. The largest absolute Gasteiger partial charge is 0.461 e. The van der Waals surface area contributed by atoms with Gasteiger partial charge in [0.15, 0.2) is 10.9 Å². The lowest BCUT2D eigenvalue weighted by molar-refractivity contribution is -0.115. The molecule has 0 saturated heterocycles. The van der Waals surface area contributed by atoms with Gasteiger partial charge in [-0.05, 0) is 43.7 Å². The highest BCUT2D eigenvalue weighted by atomic mass is 32.2. The van der Waals surface area contributed by atoms with Gasteiger partial charge in [0.2, 0.25) is 11.7 Å². The molecule has 0 spiro atoms. The summed E-state index contributed by atoms with van der Waals surface area (Å²) in [6.45, 7) is 4.46. The molecule has 0 aliphatic carbocycles. The van der Waals surface area contributed by atoms with Crippen LogP contribution < -0.4 is 5.32 Å². The second-order valence-corrected chi connectivity index (χ2v) is 8.28. The summed E-state index contributed by atoms with van der Waals surface area (Å²) in [5.41, 5.74) is 3.04. The molecule has 2 aromatic carbocycles. The number of nitrogens with zero attached hydrogens (tertiary/aromatic N) is 3. The van der Waals surface area contributed by atoms with Crippen LogP contribution >= 0.6 is 11.8 Å². The molecule has 0 aliphatic heterocycles. The fourth-order valence-electron chi connectivity index (χ4n) is 2.96. The minimum Gasteiger partial charge on any atom is -0.461 e. The number of aromatic nitrogens is 3. The summed E-state index contributed by atoms with van der Waals surface area (Å²) in [5, 5.41) is 11.9. The Morgan fingerprint density at radius 3 is 2.53 bits per heavy atom. The Morgan fingerprint density at radius 2 is 1.83 bits per heavy atom. The lowest BCUT2D eigenvalue weighted by atomic mass is 10.2. The lowest BCUT2D eigenvalue weighted by Crippen LogP contribution is -2.23. The van der Waals surface area contributed by atoms with Crippen molar-refractivity contribution in [1.29, 1.82) is 0 Å². The number of furan rings is 1. The van der Waals surface area contributed by atoms with E-state index in [4.69, 9.17) is 4.42 Å². The molecule has 7 heteroatoms. The number of nitrogens with one attached hydrogen (secondary N) is 1. The van der Waals surface area contributed by atoms with Crippen molar-refractivity contribution in [3.05, 3.63) is 84.1 Å². The number of amides is 1. The van der Waals surface area contributed by atoms with Crippen molar-refractivity contribution in [2.24, 2.45) is 0 Å². The van der Waals surface area contributed by atoms with Crippen LogP contribution in [0.5, 0.6) is 0 Å². The van der Waals surface area contributed by atoms with Crippen molar-refractivity contribution < 1.29 is 9.21 Å². The number of carbonyl (C=O) groups excluding carboxylic acids is 1. The Hall–Kier alpha value is -3.32. The first-order valence-corrected chi connectivity index (χ1v) is 10.5. The fraction of sp³-hybridized carbons (Fsp3) is 0.174. The summed E-state index contributed by atoms with van der Waals surface area (Å²) >= 11 is 1.37. The van der Waals surface area contributed by atoms with Crippen LogP contribution in [0.1, 0.15) is 18.1 Å². The molecule has 1 N–H and O–H groups in total. The second kappa shape index (κ2) is 9.00. The second-order valence-electron chi connectivity index (χ2n) is 6.97. The van der Waals surface area contributed by atoms with E-state index in [1.165, 1.54) is 11.8 Å². The molecule has 152 valence electrons. The Labute approximate surface area is 179 Å². The maximum atomic E-state index is 12.7. The minimum absolute atomic E-state index is 0.0855. The average molecular weight is 419 g/mol. The van der Waals surface area contributed by atoms with Crippen LogP contribution in [0.2, 0.25) is 0 Å². The zero-order valence-corrected chi connectivity index (χ0v) is 17.6. The van der Waals surface area contributed by atoms with Crippen LogP contribution in [0, 0.1) is 6.92 Å². The molecular weight excluding hydrogens is 396 g/mol. The van der Waals surface area contributed by atoms with Crippen molar-refractivity contribution in [3.8, 4) is 11.6 Å². The lowest BCUT2D eigenvalue weighted by Gasteiger charge is -2.13. The zero-order valence-electron chi connectivity index (χ0n) is 16.8. The van der Waals surface area contributed by atoms with E-state index in [1.807, 2.05) is 85.1 Å². The zero-order chi connectivity index (χ0) is 20.9. The minimum atomic E-state index is -0.352. The van der Waals surface area contributed by atoms with E-state index in [0.717, 1.165) is 16.8 Å². The average Bonchev–Trinajstić information content (AvgIpc) is 3.41. The first kappa shape index (κ1) is 20.0. The van der Waals surface area contributed by atoms with Crippen LogP contribution in [-0.4, -0.2) is 25.9 Å². The number of hydrogen-bond donors (Lipinski definition) is 1. The number of carbonyl (C=O) groups is 1. The monoisotopic (exact) mass is 418 g/mol. The van der Waals surface area contributed by atoms with Gasteiger partial charge in [0.25, 0.3) is 0 Å². The molecule has 1 amide bonds. The number of anilines is 1. The van der Waals surface area contributed by atoms with Crippen molar-refractivity contribution in [2.75, 3.05) is 5.32 Å². The molecule has 2 heterocycles. The molecule has 4 rings (SSSR count). The van der Waals surface area contributed by atoms with E-state index < -0.39 is 0 Å². The number of benzene rings is 2. The van der Waals surface area contributed by atoms with E-state index in [2.05, 4.69) is 15.5 Å². The summed E-state index contributed by atoms with van der Waals surface area (Å²) < 4.78 is 7.52. The van der Waals surface area contributed by atoms with Crippen LogP contribution in [0.15, 0.2) is 82.6 Å². The molecule has 0 bridgehead atoms. The van der Waals surface area contributed by atoms with Gasteiger partial charge in [-0.25, -0.2) is 0 Å². The summed E-state index contributed by atoms with van der Waals surface area (Å²) in [5.74, 6) is 1.19. The molecule has 4 aromatic rings. The molecule has 0 saturated carbocycles. The molecule has 0 unspecified atom stereocenters. The molecule has 0 aliphatic rings. The van der Waals surface area contributed by atoms with E-state index in [0.29, 0.717) is 23.3 Å². The normalized spacial score (nSPS) is 11.9. The van der Waals surface area contributed by atoms with Crippen LogP contribution in [0.3, 0.4) is 0 Å². The highest BCUT2D eigenvalue weighted by Crippen LogP contribution is 2.28. The summed E-state index contributed by atoms with van der Waals surface area (Å²) in [4.78, 5) is 12.7. The molecule has 2 aromatic heterocycles. The summed E-state index contributed by atoms with van der Waals surface area (Å²) in [6, 6.07) is 21.5. The van der Waals surface area contributed by atoms with Crippen LogP contribution in [0.4, 0.5) is 5.69 Å². The van der Waals surface area contributed by atoms with Gasteiger partial charge in [0.1, 0.15) is 0 Å². The maximum Gasteiger partial charge on any atom is 0.237 e. The first-order chi connectivity index (χ1) is 14.6. The molecule has 0 fully saturated rings.